The van der Waals surface area contributed by atoms with E-state index in [0.29, 0.717) is 6.04 Å². The van der Waals surface area contributed by atoms with E-state index in [0.717, 1.165) is 50.6 Å². The Morgan fingerprint density at radius 1 is 1.04 bits per heavy atom. The first-order valence-electron chi connectivity index (χ1n) is 8.86. The van der Waals surface area contributed by atoms with Gasteiger partial charge < -0.3 is 0 Å². The number of aromatic nitrogens is 4. The van der Waals surface area contributed by atoms with E-state index in [-0.39, 0.29) is 0 Å². The predicted octanol–water partition coefficient (Wildman–Crippen LogP) is 2.79. The fraction of sp³-hybridized carbons (Fsp3) is 0.500. The van der Waals surface area contributed by atoms with Gasteiger partial charge in [-0.2, -0.15) is 5.10 Å². The van der Waals surface area contributed by atoms with Crippen molar-refractivity contribution in [1.82, 2.24) is 29.5 Å². The molecule has 0 saturated carbocycles. The second-order valence-electron chi connectivity index (χ2n) is 6.84. The first-order chi connectivity index (χ1) is 12.2. The van der Waals surface area contributed by atoms with Gasteiger partial charge in [-0.1, -0.05) is 12.1 Å². The molecule has 25 heavy (non-hydrogen) atoms. The van der Waals surface area contributed by atoms with Gasteiger partial charge in [-0.3, -0.25) is 9.80 Å². The number of hydrogen-bond donors (Lipinski definition) is 0. The molecule has 1 fully saturated rings. The minimum atomic E-state index is 0.359. The summed E-state index contributed by atoms with van der Waals surface area (Å²) in [6.07, 6.45) is 1.67. The molecule has 1 aliphatic heterocycles. The lowest BCUT2D eigenvalue weighted by Crippen LogP contribution is -2.45. The summed E-state index contributed by atoms with van der Waals surface area (Å²) < 4.78 is 3.30. The van der Waals surface area contributed by atoms with Crippen LogP contribution < -0.4 is 0 Å². The van der Waals surface area contributed by atoms with Crippen LogP contribution in [0.1, 0.15) is 30.7 Å². The van der Waals surface area contributed by atoms with Crippen LogP contribution in [0, 0.1) is 0 Å². The van der Waals surface area contributed by atoms with Crippen molar-refractivity contribution in [2.24, 2.45) is 0 Å². The summed E-state index contributed by atoms with van der Waals surface area (Å²) in [5, 5.41) is 5.55. The Labute approximate surface area is 152 Å². The number of para-hydroxylation sites is 1. The Balaban J connectivity index is 1.33. The monoisotopic (exact) mass is 356 g/mol. The summed E-state index contributed by atoms with van der Waals surface area (Å²) in [5.41, 5.74) is 1.12. The van der Waals surface area contributed by atoms with Gasteiger partial charge >= 0.3 is 0 Å². The average Bonchev–Trinajstić information content (AvgIpc) is 3.22. The van der Waals surface area contributed by atoms with Crippen LogP contribution >= 0.6 is 11.3 Å². The van der Waals surface area contributed by atoms with Crippen molar-refractivity contribution >= 4 is 21.6 Å². The van der Waals surface area contributed by atoms with Crippen molar-refractivity contribution in [1.29, 1.82) is 0 Å². The molecule has 0 atom stereocenters. The molecule has 3 aromatic rings. The third-order valence-electron chi connectivity index (χ3n) is 4.66. The molecule has 0 radical (unpaired) electrons. The fourth-order valence-corrected chi connectivity index (χ4v) is 4.31. The first kappa shape index (κ1) is 16.6. The predicted molar refractivity (Wildman–Crippen MR) is 101 cm³/mol. The van der Waals surface area contributed by atoms with Crippen LogP contribution in [-0.2, 0) is 13.1 Å². The van der Waals surface area contributed by atoms with Crippen molar-refractivity contribution in [3.8, 4) is 0 Å². The van der Waals surface area contributed by atoms with Gasteiger partial charge in [0.15, 0.2) is 0 Å². The molecule has 0 spiro atoms. The molecule has 1 aliphatic rings. The molecule has 1 aromatic carbocycles. The van der Waals surface area contributed by atoms with Crippen LogP contribution in [-0.4, -0.2) is 55.7 Å². The maximum absolute atomic E-state index is 4.76. The zero-order chi connectivity index (χ0) is 17.2. The third-order valence-corrected chi connectivity index (χ3v) is 5.68. The molecule has 0 N–H and O–H groups in total. The van der Waals surface area contributed by atoms with Crippen molar-refractivity contribution in [3.63, 3.8) is 0 Å². The molecule has 0 amide bonds. The van der Waals surface area contributed by atoms with E-state index in [1.165, 1.54) is 9.71 Å². The van der Waals surface area contributed by atoms with Crippen molar-refractivity contribution in [2.75, 3.05) is 26.2 Å². The van der Waals surface area contributed by atoms with Gasteiger partial charge in [0.2, 0.25) is 0 Å². The van der Waals surface area contributed by atoms with Gasteiger partial charge in [0.1, 0.15) is 17.2 Å². The maximum Gasteiger partial charge on any atom is 0.141 e. The Kier molecular flexibility index (Phi) is 4.78. The second-order valence-corrected chi connectivity index (χ2v) is 7.96. The van der Waals surface area contributed by atoms with Crippen molar-refractivity contribution < 1.29 is 0 Å². The first-order valence-corrected chi connectivity index (χ1v) is 9.68. The van der Waals surface area contributed by atoms with E-state index in [1.54, 1.807) is 6.33 Å². The molecule has 3 heterocycles. The summed E-state index contributed by atoms with van der Waals surface area (Å²) in [5.74, 6) is 1.06. The molecule has 7 heteroatoms. The average molecular weight is 356 g/mol. The minimum absolute atomic E-state index is 0.359. The Bertz CT molecular complexity index is 798. The zero-order valence-electron chi connectivity index (χ0n) is 14.8. The number of rotatable bonds is 5. The van der Waals surface area contributed by atoms with Crippen molar-refractivity contribution in [2.45, 2.75) is 33.0 Å². The van der Waals surface area contributed by atoms with E-state index in [4.69, 9.17) is 4.98 Å². The SMILES string of the molecule is CC(C)n1ncnc1CN1CCN(Cc2nc3ccccc3s2)CC1. The van der Waals surface area contributed by atoms with Crippen LogP contribution in [0.5, 0.6) is 0 Å². The highest BCUT2D eigenvalue weighted by Crippen LogP contribution is 2.23. The number of thiazole rings is 1. The lowest BCUT2D eigenvalue weighted by atomic mass is 10.3. The van der Waals surface area contributed by atoms with Crippen LogP contribution in [0.25, 0.3) is 10.2 Å². The summed E-state index contributed by atoms with van der Waals surface area (Å²) in [4.78, 5) is 14.2. The Morgan fingerprint density at radius 3 is 2.48 bits per heavy atom. The third kappa shape index (κ3) is 3.73. The zero-order valence-corrected chi connectivity index (χ0v) is 15.6. The van der Waals surface area contributed by atoms with Crippen LogP contribution in [0.4, 0.5) is 0 Å². The molecular formula is C18H24N6S. The van der Waals surface area contributed by atoms with Gasteiger partial charge in [-0.25, -0.2) is 14.6 Å². The number of benzene rings is 1. The Morgan fingerprint density at radius 2 is 1.76 bits per heavy atom. The lowest BCUT2D eigenvalue weighted by molar-refractivity contribution is 0.118. The van der Waals surface area contributed by atoms with Gasteiger partial charge in [0.05, 0.1) is 23.3 Å². The second kappa shape index (κ2) is 7.19. The fourth-order valence-electron chi connectivity index (χ4n) is 3.30. The summed E-state index contributed by atoms with van der Waals surface area (Å²) in [6.45, 7) is 10.4. The van der Waals surface area contributed by atoms with Gasteiger partial charge in [0.25, 0.3) is 0 Å². The minimum Gasteiger partial charge on any atom is -0.294 e. The van der Waals surface area contributed by atoms with E-state index < -0.39 is 0 Å². The molecule has 6 nitrogen and oxygen atoms in total. The summed E-state index contributed by atoms with van der Waals surface area (Å²) in [7, 11) is 0. The number of nitrogens with zero attached hydrogens (tertiary/aromatic N) is 6. The van der Waals surface area contributed by atoms with Crippen LogP contribution in [0.2, 0.25) is 0 Å². The molecular weight excluding hydrogens is 332 g/mol. The molecule has 0 bridgehead atoms. The van der Waals surface area contributed by atoms with E-state index in [1.807, 2.05) is 16.0 Å². The smallest absolute Gasteiger partial charge is 0.141 e. The van der Waals surface area contributed by atoms with Gasteiger partial charge in [-0.15, -0.1) is 11.3 Å². The lowest BCUT2D eigenvalue weighted by Gasteiger charge is -2.34. The Hall–Kier alpha value is -1.83. The van der Waals surface area contributed by atoms with Crippen LogP contribution in [0.15, 0.2) is 30.6 Å². The normalized spacial score (nSPS) is 16.9. The highest BCUT2D eigenvalue weighted by molar-refractivity contribution is 7.18. The number of hydrogen-bond acceptors (Lipinski definition) is 6. The van der Waals surface area contributed by atoms with Gasteiger partial charge in [0, 0.05) is 32.2 Å². The molecule has 2 aromatic heterocycles. The number of piperazine rings is 1. The molecule has 132 valence electrons. The van der Waals surface area contributed by atoms with E-state index in [9.17, 15) is 0 Å². The highest BCUT2D eigenvalue weighted by Gasteiger charge is 2.20. The highest BCUT2D eigenvalue weighted by atomic mass is 32.1. The van der Waals surface area contributed by atoms with Gasteiger partial charge in [-0.05, 0) is 26.0 Å². The standard InChI is InChI=1S/C18H24N6S/c1-14(2)24-17(19-13-20-24)11-22-7-9-23(10-8-22)12-18-21-15-5-3-4-6-16(15)25-18/h3-6,13-14H,7-12H2,1-2H3. The molecule has 4 rings (SSSR count). The maximum atomic E-state index is 4.76. The van der Waals surface area contributed by atoms with Crippen molar-refractivity contribution in [3.05, 3.63) is 41.4 Å². The van der Waals surface area contributed by atoms with Crippen LogP contribution in [0.3, 0.4) is 0 Å². The van der Waals surface area contributed by atoms with E-state index in [2.05, 4.69) is 58.0 Å². The van der Waals surface area contributed by atoms with E-state index >= 15 is 0 Å². The molecule has 1 saturated heterocycles. The summed E-state index contributed by atoms with van der Waals surface area (Å²) >= 11 is 1.81. The number of fused-ring (bicyclic) bond motifs is 1. The topological polar surface area (TPSA) is 50.1 Å². The summed E-state index contributed by atoms with van der Waals surface area (Å²) in [6, 6.07) is 8.74. The quantitative estimate of drug-likeness (QED) is 0.704. The largest absolute Gasteiger partial charge is 0.294 e. The molecule has 0 aliphatic carbocycles. The molecule has 0 unspecified atom stereocenters.